The van der Waals surface area contributed by atoms with Crippen LogP contribution in [0.25, 0.3) is 0 Å². The first-order valence-electron chi connectivity index (χ1n) is 3.18. The Labute approximate surface area is 62.0 Å². The Morgan fingerprint density at radius 3 is 1.90 bits per heavy atom. The summed E-state index contributed by atoms with van der Waals surface area (Å²) in [6.07, 6.45) is 0.397. The molecule has 1 atom stereocenters. The zero-order valence-electron chi connectivity index (χ0n) is 6.53. The Balaban J connectivity index is 3.93. The van der Waals surface area contributed by atoms with E-state index in [9.17, 15) is 8.42 Å². The van der Waals surface area contributed by atoms with Crippen LogP contribution >= 0.6 is 0 Å². The van der Waals surface area contributed by atoms with E-state index in [0.717, 1.165) is 6.26 Å². The lowest BCUT2D eigenvalue weighted by Gasteiger charge is -2.11. The third-order valence-electron chi connectivity index (χ3n) is 1.24. The predicted molar refractivity (Wildman–Crippen MR) is 40.6 cm³/mol. The fourth-order valence-corrected chi connectivity index (χ4v) is 1.51. The van der Waals surface area contributed by atoms with E-state index in [2.05, 4.69) is 0 Å². The standard InChI is InChI=1S/C6H14O3S/c1-5(2)6(7)4-10(3,8)9/h5-7H,4H2,1-3H3. The van der Waals surface area contributed by atoms with Gasteiger partial charge < -0.3 is 5.11 Å². The topological polar surface area (TPSA) is 54.4 Å². The minimum absolute atomic E-state index is 0.00900. The van der Waals surface area contributed by atoms with Gasteiger partial charge in [0, 0.05) is 6.26 Å². The maximum atomic E-state index is 10.6. The summed E-state index contributed by atoms with van der Waals surface area (Å²) in [5.74, 6) is -0.125. The lowest BCUT2D eigenvalue weighted by molar-refractivity contribution is 0.147. The molecule has 0 aliphatic carbocycles. The highest BCUT2D eigenvalue weighted by Gasteiger charge is 2.14. The van der Waals surface area contributed by atoms with Crippen LogP contribution in [0.2, 0.25) is 0 Å². The van der Waals surface area contributed by atoms with Crippen molar-refractivity contribution in [2.45, 2.75) is 20.0 Å². The number of hydrogen-bond acceptors (Lipinski definition) is 3. The van der Waals surface area contributed by atoms with Gasteiger partial charge in [-0.05, 0) is 5.92 Å². The summed E-state index contributed by atoms with van der Waals surface area (Å²) in [7, 11) is -3.02. The highest BCUT2D eigenvalue weighted by atomic mass is 32.2. The molecule has 0 saturated carbocycles. The van der Waals surface area contributed by atoms with Crippen LogP contribution in [0.1, 0.15) is 13.8 Å². The number of aliphatic hydroxyl groups excluding tert-OH is 1. The van der Waals surface area contributed by atoms with Crippen LogP contribution in [0, 0.1) is 5.92 Å². The molecular weight excluding hydrogens is 152 g/mol. The first-order valence-corrected chi connectivity index (χ1v) is 5.25. The molecule has 0 rings (SSSR count). The van der Waals surface area contributed by atoms with Gasteiger partial charge in [0.1, 0.15) is 9.84 Å². The van der Waals surface area contributed by atoms with Crippen molar-refractivity contribution >= 4 is 9.84 Å². The van der Waals surface area contributed by atoms with Crippen LogP contribution < -0.4 is 0 Å². The van der Waals surface area contributed by atoms with Crippen LogP contribution in [0.5, 0.6) is 0 Å². The van der Waals surface area contributed by atoms with Gasteiger partial charge in [0.05, 0.1) is 11.9 Å². The summed E-state index contributed by atoms with van der Waals surface area (Å²) in [5, 5.41) is 9.08. The summed E-state index contributed by atoms with van der Waals surface area (Å²) in [5.41, 5.74) is 0. The maximum Gasteiger partial charge on any atom is 0.150 e. The van der Waals surface area contributed by atoms with E-state index >= 15 is 0 Å². The molecule has 0 amide bonds. The fourth-order valence-electron chi connectivity index (χ4n) is 0.503. The quantitative estimate of drug-likeness (QED) is 0.644. The van der Waals surface area contributed by atoms with Gasteiger partial charge >= 0.3 is 0 Å². The molecule has 0 radical (unpaired) electrons. The molecule has 3 nitrogen and oxygen atoms in total. The monoisotopic (exact) mass is 166 g/mol. The lowest BCUT2D eigenvalue weighted by Crippen LogP contribution is -2.24. The van der Waals surface area contributed by atoms with Crippen molar-refractivity contribution in [1.82, 2.24) is 0 Å². The number of aliphatic hydroxyl groups is 1. The van der Waals surface area contributed by atoms with Gasteiger partial charge in [-0.1, -0.05) is 13.8 Å². The van der Waals surface area contributed by atoms with Crippen molar-refractivity contribution in [1.29, 1.82) is 0 Å². The second-order valence-corrected chi connectivity index (χ2v) is 5.09. The molecule has 1 N–H and O–H groups in total. The van der Waals surface area contributed by atoms with Gasteiger partial charge in [0.25, 0.3) is 0 Å². The van der Waals surface area contributed by atoms with Crippen molar-refractivity contribution in [2.75, 3.05) is 12.0 Å². The molecule has 0 aromatic carbocycles. The largest absolute Gasteiger partial charge is 0.392 e. The number of hydrogen-bond donors (Lipinski definition) is 1. The normalized spacial score (nSPS) is 15.7. The van der Waals surface area contributed by atoms with Gasteiger partial charge in [-0.3, -0.25) is 0 Å². The summed E-state index contributed by atoms with van der Waals surface area (Å²) in [4.78, 5) is 0. The third kappa shape index (κ3) is 4.76. The van der Waals surface area contributed by atoms with Crippen molar-refractivity contribution < 1.29 is 13.5 Å². The summed E-state index contributed by atoms with van der Waals surface area (Å²) < 4.78 is 21.2. The summed E-state index contributed by atoms with van der Waals surface area (Å²) in [6, 6.07) is 0. The van der Waals surface area contributed by atoms with E-state index in [-0.39, 0.29) is 11.7 Å². The first-order chi connectivity index (χ1) is 4.33. The molecule has 62 valence electrons. The lowest BCUT2D eigenvalue weighted by atomic mass is 10.1. The van der Waals surface area contributed by atoms with Gasteiger partial charge in [0.15, 0.2) is 0 Å². The van der Waals surface area contributed by atoms with E-state index in [1.807, 2.05) is 0 Å². The van der Waals surface area contributed by atoms with E-state index in [0.29, 0.717) is 0 Å². The molecule has 0 fully saturated rings. The number of rotatable bonds is 3. The predicted octanol–water partition coefficient (Wildman–Crippen LogP) is 0.0479. The zero-order valence-corrected chi connectivity index (χ0v) is 7.35. The molecule has 0 bridgehead atoms. The molecule has 0 aliphatic rings. The summed E-state index contributed by atoms with van der Waals surface area (Å²) >= 11 is 0. The van der Waals surface area contributed by atoms with E-state index in [1.54, 1.807) is 13.8 Å². The zero-order chi connectivity index (χ0) is 8.36. The molecule has 4 heteroatoms. The molecule has 1 unspecified atom stereocenters. The van der Waals surface area contributed by atoms with Crippen molar-refractivity contribution in [3.05, 3.63) is 0 Å². The van der Waals surface area contributed by atoms with E-state index < -0.39 is 15.9 Å². The third-order valence-corrected chi connectivity index (χ3v) is 2.19. The van der Waals surface area contributed by atoms with Gasteiger partial charge in [-0.2, -0.15) is 0 Å². The van der Waals surface area contributed by atoms with Crippen molar-refractivity contribution in [2.24, 2.45) is 5.92 Å². The minimum Gasteiger partial charge on any atom is -0.392 e. The van der Waals surface area contributed by atoms with Gasteiger partial charge in [-0.25, -0.2) is 8.42 Å². The Bertz CT molecular complexity index is 181. The maximum absolute atomic E-state index is 10.6. The highest BCUT2D eigenvalue weighted by Crippen LogP contribution is 2.02. The van der Waals surface area contributed by atoms with Crippen LogP contribution in [-0.2, 0) is 9.84 Å². The van der Waals surface area contributed by atoms with Gasteiger partial charge in [0.2, 0.25) is 0 Å². The molecule has 0 saturated heterocycles. The van der Waals surface area contributed by atoms with Crippen LogP contribution in [-0.4, -0.2) is 31.6 Å². The van der Waals surface area contributed by atoms with Crippen molar-refractivity contribution in [3.8, 4) is 0 Å². The average Bonchev–Trinajstić information content (AvgIpc) is 1.60. The second kappa shape index (κ2) is 3.34. The van der Waals surface area contributed by atoms with E-state index in [4.69, 9.17) is 5.11 Å². The SMILES string of the molecule is CC(C)C(O)CS(C)(=O)=O. The van der Waals surface area contributed by atoms with Crippen LogP contribution in [0.15, 0.2) is 0 Å². The van der Waals surface area contributed by atoms with Gasteiger partial charge in [-0.15, -0.1) is 0 Å². The molecular formula is C6H14O3S. The second-order valence-electron chi connectivity index (χ2n) is 2.90. The molecule has 10 heavy (non-hydrogen) atoms. The molecule has 0 heterocycles. The minimum atomic E-state index is -3.02. The van der Waals surface area contributed by atoms with Crippen molar-refractivity contribution in [3.63, 3.8) is 0 Å². The van der Waals surface area contributed by atoms with Crippen LogP contribution in [0.3, 0.4) is 0 Å². The van der Waals surface area contributed by atoms with Crippen LogP contribution in [0.4, 0.5) is 0 Å². The summed E-state index contributed by atoms with van der Waals surface area (Å²) in [6.45, 7) is 3.58. The Morgan fingerprint density at radius 1 is 1.40 bits per heavy atom. The van der Waals surface area contributed by atoms with E-state index in [1.165, 1.54) is 0 Å². The fraction of sp³-hybridized carbons (Fsp3) is 1.00. The Morgan fingerprint density at radius 2 is 1.80 bits per heavy atom. The molecule has 0 aromatic rings. The Kier molecular flexibility index (Phi) is 3.31. The average molecular weight is 166 g/mol. The smallest absolute Gasteiger partial charge is 0.150 e. The number of sulfone groups is 1. The molecule has 0 spiro atoms. The molecule has 0 aromatic heterocycles. The highest BCUT2D eigenvalue weighted by molar-refractivity contribution is 7.90. The molecule has 0 aliphatic heterocycles. The first kappa shape index (κ1) is 9.91. The Hall–Kier alpha value is -0.0900.